The molecule has 0 N–H and O–H groups in total. The third kappa shape index (κ3) is 5.98. The average Bonchev–Trinajstić information content (AvgIpc) is 2.45. The summed E-state index contributed by atoms with van der Waals surface area (Å²) in [6, 6.07) is 7.61. The van der Waals surface area contributed by atoms with Gasteiger partial charge in [-0.3, -0.25) is 9.59 Å². The highest BCUT2D eigenvalue weighted by Gasteiger charge is 2.24. The van der Waals surface area contributed by atoms with E-state index in [-0.39, 0.29) is 11.6 Å². The first-order valence-corrected chi connectivity index (χ1v) is 7.63. The van der Waals surface area contributed by atoms with Crippen molar-refractivity contribution in [1.82, 2.24) is 0 Å². The Labute approximate surface area is 132 Å². The molecule has 1 aromatic carbocycles. The SMILES string of the molecule is CC(=O)C(C)(C)OCCCC(=O)C(C)Oc1ccc(C)cc1. The first-order valence-electron chi connectivity index (χ1n) is 7.63. The molecule has 4 heteroatoms. The lowest BCUT2D eigenvalue weighted by molar-refractivity contribution is -0.138. The molecule has 0 aliphatic carbocycles. The lowest BCUT2D eigenvalue weighted by Gasteiger charge is -2.22. The minimum atomic E-state index is -0.785. The van der Waals surface area contributed by atoms with Crippen molar-refractivity contribution in [3.8, 4) is 5.75 Å². The number of carbonyl (C=O) groups excluding carboxylic acids is 2. The zero-order chi connectivity index (χ0) is 16.8. The fourth-order valence-corrected chi connectivity index (χ4v) is 1.77. The summed E-state index contributed by atoms with van der Waals surface area (Å²) in [5.41, 5.74) is 0.365. The number of rotatable bonds is 9. The van der Waals surface area contributed by atoms with Gasteiger partial charge in [0.25, 0.3) is 0 Å². The van der Waals surface area contributed by atoms with Gasteiger partial charge in [-0.25, -0.2) is 0 Å². The van der Waals surface area contributed by atoms with Crippen molar-refractivity contribution in [3.63, 3.8) is 0 Å². The molecule has 0 saturated carbocycles. The number of ether oxygens (including phenoxy) is 2. The molecular formula is C18H26O4. The van der Waals surface area contributed by atoms with Crippen molar-refractivity contribution in [1.29, 1.82) is 0 Å². The molecule has 1 rings (SSSR count). The molecule has 0 radical (unpaired) electrons. The fraction of sp³-hybridized carbons (Fsp3) is 0.556. The molecule has 1 atom stereocenters. The number of Topliss-reactive ketones (excluding diaryl/α,β-unsaturated/α-hetero) is 2. The number of benzene rings is 1. The van der Waals surface area contributed by atoms with Gasteiger partial charge in [0.05, 0.1) is 0 Å². The zero-order valence-electron chi connectivity index (χ0n) is 14.1. The molecule has 0 aromatic heterocycles. The number of hydrogen-bond donors (Lipinski definition) is 0. The van der Waals surface area contributed by atoms with Gasteiger partial charge in [-0.2, -0.15) is 0 Å². The van der Waals surface area contributed by atoms with Crippen LogP contribution in [0.3, 0.4) is 0 Å². The number of carbonyl (C=O) groups is 2. The van der Waals surface area contributed by atoms with E-state index in [9.17, 15) is 9.59 Å². The molecular weight excluding hydrogens is 280 g/mol. The quantitative estimate of drug-likeness (QED) is 0.655. The minimum absolute atomic E-state index is 0.0186. The molecule has 22 heavy (non-hydrogen) atoms. The number of aryl methyl sites for hydroxylation is 1. The molecule has 0 fully saturated rings. The number of hydrogen-bond acceptors (Lipinski definition) is 4. The summed E-state index contributed by atoms with van der Waals surface area (Å²) in [6.07, 6.45) is 0.474. The van der Waals surface area contributed by atoms with Gasteiger partial charge in [0.2, 0.25) is 0 Å². The lowest BCUT2D eigenvalue weighted by Crippen LogP contribution is -2.33. The Morgan fingerprint density at radius 1 is 1.18 bits per heavy atom. The van der Waals surface area contributed by atoms with Gasteiger partial charge < -0.3 is 9.47 Å². The van der Waals surface area contributed by atoms with E-state index in [1.165, 1.54) is 6.92 Å². The molecule has 0 aliphatic heterocycles. The van der Waals surface area contributed by atoms with Crippen molar-refractivity contribution < 1.29 is 19.1 Å². The molecule has 0 amide bonds. The molecule has 0 bridgehead atoms. The van der Waals surface area contributed by atoms with E-state index in [1.807, 2.05) is 31.2 Å². The molecule has 0 saturated heterocycles. The molecule has 4 nitrogen and oxygen atoms in total. The van der Waals surface area contributed by atoms with E-state index in [0.29, 0.717) is 25.2 Å². The normalized spacial score (nSPS) is 12.8. The monoisotopic (exact) mass is 306 g/mol. The van der Waals surface area contributed by atoms with Crippen LogP contribution in [-0.4, -0.2) is 29.9 Å². The van der Waals surface area contributed by atoms with Gasteiger partial charge >= 0.3 is 0 Å². The number of ketones is 2. The first-order chi connectivity index (χ1) is 10.2. The van der Waals surface area contributed by atoms with Crippen LogP contribution in [0.25, 0.3) is 0 Å². The highest BCUT2D eigenvalue weighted by molar-refractivity contribution is 5.84. The predicted molar refractivity (Wildman–Crippen MR) is 86.2 cm³/mol. The maximum Gasteiger partial charge on any atom is 0.173 e. The van der Waals surface area contributed by atoms with E-state index >= 15 is 0 Å². The Bertz CT molecular complexity index is 502. The maximum absolute atomic E-state index is 12.0. The Morgan fingerprint density at radius 3 is 2.32 bits per heavy atom. The van der Waals surface area contributed by atoms with Crippen molar-refractivity contribution in [3.05, 3.63) is 29.8 Å². The minimum Gasteiger partial charge on any atom is -0.483 e. The summed E-state index contributed by atoms with van der Waals surface area (Å²) in [4.78, 5) is 23.3. The van der Waals surface area contributed by atoms with E-state index in [0.717, 1.165) is 5.56 Å². The summed E-state index contributed by atoms with van der Waals surface area (Å²) in [6.45, 7) is 9.11. The van der Waals surface area contributed by atoms with Crippen molar-refractivity contribution >= 4 is 11.6 Å². The second-order valence-electron chi connectivity index (χ2n) is 6.06. The van der Waals surface area contributed by atoms with Crippen LogP contribution >= 0.6 is 0 Å². The summed E-state index contributed by atoms with van der Waals surface area (Å²) in [7, 11) is 0. The summed E-state index contributed by atoms with van der Waals surface area (Å²) in [5, 5.41) is 0. The van der Waals surface area contributed by atoms with Gasteiger partial charge in [-0.1, -0.05) is 17.7 Å². The molecule has 1 unspecified atom stereocenters. The van der Waals surface area contributed by atoms with Crippen LogP contribution in [0.1, 0.15) is 46.1 Å². The molecule has 0 aliphatic rings. The Morgan fingerprint density at radius 2 is 1.77 bits per heavy atom. The standard InChI is InChI=1S/C18H26O4/c1-13-8-10-16(11-9-13)22-14(2)17(20)7-6-12-21-18(4,5)15(3)19/h8-11,14H,6-7,12H2,1-5H3. The molecule has 1 aromatic rings. The van der Waals surface area contributed by atoms with Crippen LogP contribution in [0.4, 0.5) is 0 Å². The zero-order valence-corrected chi connectivity index (χ0v) is 14.1. The first kappa shape index (κ1) is 18.4. The van der Waals surface area contributed by atoms with Gasteiger partial charge in [-0.15, -0.1) is 0 Å². The second-order valence-corrected chi connectivity index (χ2v) is 6.06. The average molecular weight is 306 g/mol. The second kappa shape index (κ2) is 8.08. The topological polar surface area (TPSA) is 52.6 Å². The Hall–Kier alpha value is -1.68. The van der Waals surface area contributed by atoms with Crippen LogP contribution in [0.15, 0.2) is 24.3 Å². The smallest absolute Gasteiger partial charge is 0.173 e. The third-order valence-electron chi connectivity index (χ3n) is 3.67. The van der Waals surface area contributed by atoms with Gasteiger partial charge in [0.1, 0.15) is 11.4 Å². The van der Waals surface area contributed by atoms with Crippen molar-refractivity contribution in [2.75, 3.05) is 6.61 Å². The van der Waals surface area contributed by atoms with Crippen LogP contribution < -0.4 is 4.74 Å². The highest BCUT2D eigenvalue weighted by Crippen LogP contribution is 2.15. The van der Waals surface area contributed by atoms with Crippen molar-refractivity contribution in [2.45, 2.75) is 59.2 Å². The summed E-state index contributed by atoms with van der Waals surface area (Å²) >= 11 is 0. The van der Waals surface area contributed by atoms with Crippen LogP contribution in [0, 0.1) is 6.92 Å². The summed E-state index contributed by atoms with van der Waals surface area (Å²) < 4.78 is 11.1. The van der Waals surface area contributed by atoms with Gasteiger partial charge in [0, 0.05) is 13.0 Å². The fourth-order valence-electron chi connectivity index (χ4n) is 1.77. The summed E-state index contributed by atoms with van der Waals surface area (Å²) in [5.74, 6) is 0.708. The van der Waals surface area contributed by atoms with E-state index < -0.39 is 11.7 Å². The van der Waals surface area contributed by atoms with E-state index in [4.69, 9.17) is 9.47 Å². The highest BCUT2D eigenvalue weighted by atomic mass is 16.5. The van der Waals surface area contributed by atoms with Crippen LogP contribution in [-0.2, 0) is 14.3 Å². The molecule has 0 heterocycles. The molecule has 0 spiro atoms. The predicted octanol–water partition coefficient (Wildman–Crippen LogP) is 3.50. The molecule has 122 valence electrons. The maximum atomic E-state index is 12.0. The largest absolute Gasteiger partial charge is 0.483 e. The Kier molecular flexibility index (Phi) is 6.75. The third-order valence-corrected chi connectivity index (χ3v) is 3.67. The van der Waals surface area contributed by atoms with Crippen LogP contribution in [0.5, 0.6) is 5.75 Å². The van der Waals surface area contributed by atoms with E-state index in [2.05, 4.69) is 0 Å². The van der Waals surface area contributed by atoms with Gasteiger partial charge in [-0.05, 0) is 53.2 Å². The van der Waals surface area contributed by atoms with E-state index in [1.54, 1.807) is 20.8 Å². The van der Waals surface area contributed by atoms with Crippen molar-refractivity contribution in [2.24, 2.45) is 0 Å². The Balaban J connectivity index is 2.33. The lowest BCUT2D eigenvalue weighted by atomic mass is 10.1. The van der Waals surface area contributed by atoms with Crippen LogP contribution in [0.2, 0.25) is 0 Å². The van der Waals surface area contributed by atoms with Gasteiger partial charge in [0.15, 0.2) is 17.7 Å².